The third-order valence-corrected chi connectivity index (χ3v) is 6.25. The minimum Gasteiger partial charge on any atom is -0.481 e. The van der Waals surface area contributed by atoms with E-state index in [2.05, 4.69) is 30.9 Å². The summed E-state index contributed by atoms with van der Waals surface area (Å²) in [6, 6.07) is 4.40. The van der Waals surface area contributed by atoms with E-state index in [1.54, 1.807) is 35.3 Å². The number of carboxylic acids is 1. The summed E-state index contributed by atoms with van der Waals surface area (Å²) in [5.41, 5.74) is 1.11. The van der Waals surface area contributed by atoms with Crippen molar-refractivity contribution < 1.29 is 9.90 Å². The molecule has 19 heavy (non-hydrogen) atoms. The van der Waals surface area contributed by atoms with E-state index in [1.807, 2.05) is 0 Å². The second kappa shape index (κ2) is 6.02. The Kier molecular flexibility index (Phi) is 4.79. The number of rotatable bonds is 6. The van der Waals surface area contributed by atoms with Gasteiger partial charge in [0.1, 0.15) is 0 Å². The van der Waals surface area contributed by atoms with Gasteiger partial charge in [-0.2, -0.15) is 0 Å². The van der Waals surface area contributed by atoms with Crippen molar-refractivity contribution in [2.75, 3.05) is 18.8 Å². The van der Waals surface area contributed by atoms with Crippen molar-refractivity contribution in [3.8, 4) is 0 Å². The summed E-state index contributed by atoms with van der Waals surface area (Å²) in [7, 11) is 0. The highest BCUT2D eigenvalue weighted by Gasteiger charge is 2.46. The molecule has 0 amide bonds. The minimum absolute atomic E-state index is 0.0995. The lowest BCUT2D eigenvalue weighted by Crippen LogP contribution is -2.13. The predicted molar refractivity (Wildman–Crippen MR) is 84.9 cm³/mol. The van der Waals surface area contributed by atoms with E-state index >= 15 is 0 Å². The zero-order valence-electron chi connectivity index (χ0n) is 11.4. The van der Waals surface area contributed by atoms with E-state index in [1.165, 1.54) is 20.2 Å². The number of hydrogen-bond acceptors (Lipinski definition) is 4. The number of hydrogen-bond donors (Lipinski definition) is 1. The van der Waals surface area contributed by atoms with Crippen LogP contribution in [0.4, 0.5) is 0 Å². The first-order valence-electron chi connectivity index (χ1n) is 6.08. The molecule has 1 aliphatic rings. The maximum Gasteiger partial charge on any atom is 0.304 e. The highest BCUT2D eigenvalue weighted by molar-refractivity contribution is 8.03. The van der Waals surface area contributed by atoms with Gasteiger partial charge in [0, 0.05) is 20.1 Å². The summed E-state index contributed by atoms with van der Waals surface area (Å²) in [6.45, 7) is 0. The first-order chi connectivity index (χ1) is 9.06. The van der Waals surface area contributed by atoms with Gasteiger partial charge in [0.15, 0.2) is 0 Å². The van der Waals surface area contributed by atoms with E-state index in [0.29, 0.717) is 0 Å². The SMILES string of the molecule is CSc1cc(C2(CC(=O)O)CC2)cc(SC)c1SC. The lowest BCUT2D eigenvalue weighted by molar-refractivity contribution is -0.137. The summed E-state index contributed by atoms with van der Waals surface area (Å²) >= 11 is 5.26. The fourth-order valence-electron chi connectivity index (χ4n) is 2.40. The lowest BCUT2D eigenvalue weighted by Gasteiger charge is -2.18. The second-order valence-corrected chi connectivity index (χ2v) is 7.28. The van der Waals surface area contributed by atoms with Crippen molar-refractivity contribution in [1.82, 2.24) is 0 Å². The molecule has 5 heteroatoms. The van der Waals surface area contributed by atoms with Crippen LogP contribution in [-0.2, 0) is 10.2 Å². The molecule has 2 nitrogen and oxygen atoms in total. The molecule has 0 radical (unpaired) electrons. The Balaban J connectivity index is 2.45. The molecule has 0 atom stereocenters. The minimum atomic E-state index is -0.692. The molecule has 1 aromatic carbocycles. The molecule has 104 valence electrons. The Bertz CT molecular complexity index is 470. The average molecular weight is 314 g/mol. The summed E-state index contributed by atoms with van der Waals surface area (Å²) < 4.78 is 0. The van der Waals surface area contributed by atoms with Gasteiger partial charge in [-0.25, -0.2) is 0 Å². The monoisotopic (exact) mass is 314 g/mol. The molecule has 0 heterocycles. The fourth-order valence-corrected chi connectivity index (χ4v) is 5.06. The molecule has 0 spiro atoms. The second-order valence-electron chi connectivity index (χ2n) is 4.76. The Morgan fingerprint density at radius 3 is 2.00 bits per heavy atom. The first kappa shape index (κ1) is 15.1. The predicted octanol–water partition coefficient (Wildman–Crippen LogP) is 4.36. The van der Waals surface area contributed by atoms with Crippen molar-refractivity contribution >= 4 is 41.3 Å². The van der Waals surface area contributed by atoms with Crippen molar-refractivity contribution in [3.05, 3.63) is 17.7 Å². The van der Waals surface area contributed by atoms with Gasteiger partial charge in [0.05, 0.1) is 6.42 Å². The van der Waals surface area contributed by atoms with E-state index in [9.17, 15) is 4.79 Å². The van der Waals surface area contributed by atoms with E-state index in [-0.39, 0.29) is 11.8 Å². The maximum atomic E-state index is 11.0. The van der Waals surface area contributed by atoms with Gasteiger partial charge < -0.3 is 5.11 Å². The zero-order valence-corrected chi connectivity index (χ0v) is 13.8. The lowest BCUT2D eigenvalue weighted by atomic mass is 9.92. The van der Waals surface area contributed by atoms with Gasteiger partial charge in [-0.1, -0.05) is 0 Å². The molecule has 0 saturated heterocycles. The zero-order chi connectivity index (χ0) is 14.0. The van der Waals surface area contributed by atoms with Crippen LogP contribution in [0.5, 0.6) is 0 Å². The topological polar surface area (TPSA) is 37.3 Å². The molecule has 2 rings (SSSR count). The Labute approximate surface area is 127 Å². The molecule has 0 unspecified atom stereocenters. The first-order valence-corrected chi connectivity index (χ1v) is 9.76. The number of benzene rings is 1. The summed E-state index contributed by atoms with van der Waals surface area (Å²) in [6.07, 6.45) is 8.52. The molecule has 1 aromatic rings. The standard InChI is InChI=1S/C14H18O2S3/c1-17-10-6-9(7-11(18-2)13(10)19-3)14(4-5-14)8-12(15)16/h6-7H,4-5,8H2,1-3H3,(H,15,16). The van der Waals surface area contributed by atoms with Crippen LogP contribution in [0.15, 0.2) is 26.8 Å². The number of aliphatic carboxylic acids is 1. The van der Waals surface area contributed by atoms with Crippen molar-refractivity contribution in [2.45, 2.75) is 39.4 Å². The van der Waals surface area contributed by atoms with Gasteiger partial charge in [0.2, 0.25) is 0 Å². The van der Waals surface area contributed by atoms with Crippen LogP contribution < -0.4 is 0 Å². The third-order valence-electron chi connectivity index (χ3n) is 3.62. The summed E-state index contributed by atoms with van der Waals surface area (Å²) in [5.74, 6) is -0.692. The van der Waals surface area contributed by atoms with E-state index in [0.717, 1.165) is 12.8 Å². The highest BCUT2D eigenvalue weighted by Crippen LogP contribution is 2.53. The Morgan fingerprint density at radius 2 is 1.68 bits per heavy atom. The van der Waals surface area contributed by atoms with Crippen molar-refractivity contribution in [3.63, 3.8) is 0 Å². The number of carboxylic acid groups (broad SMARTS) is 1. The van der Waals surface area contributed by atoms with Gasteiger partial charge in [-0.05, 0) is 49.3 Å². The van der Waals surface area contributed by atoms with Crippen LogP contribution in [0.25, 0.3) is 0 Å². The Morgan fingerprint density at radius 1 is 1.16 bits per heavy atom. The molecule has 1 aliphatic carbocycles. The molecule has 1 saturated carbocycles. The molecule has 0 bridgehead atoms. The maximum absolute atomic E-state index is 11.0. The highest BCUT2D eigenvalue weighted by atomic mass is 32.2. The molecular formula is C14H18O2S3. The average Bonchev–Trinajstić information content (AvgIpc) is 3.16. The van der Waals surface area contributed by atoms with E-state index < -0.39 is 5.97 Å². The van der Waals surface area contributed by atoms with Gasteiger partial charge in [0.25, 0.3) is 0 Å². The molecular weight excluding hydrogens is 296 g/mol. The van der Waals surface area contributed by atoms with Crippen molar-refractivity contribution in [2.24, 2.45) is 0 Å². The van der Waals surface area contributed by atoms with Crippen LogP contribution in [0.2, 0.25) is 0 Å². The Hall–Kier alpha value is -0.260. The summed E-state index contributed by atoms with van der Waals surface area (Å²) in [5, 5.41) is 9.09. The van der Waals surface area contributed by atoms with Crippen LogP contribution in [0.3, 0.4) is 0 Å². The molecule has 0 aromatic heterocycles. The molecule has 1 fully saturated rings. The molecule has 0 aliphatic heterocycles. The van der Waals surface area contributed by atoms with Crippen LogP contribution in [0, 0.1) is 0 Å². The largest absolute Gasteiger partial charge is 0.481 e. The smallest absolute Gasteiger partial charge is 0.304 e. The van der Waals surface area contributed by atoms with E-state index in [4.69, 9.17) is 5.11 Å². The normalized spacial score (nSPS) is 16.4. The van der Waals surface area contributed by atoms with Crippen LogP contribution in [0.1, 0.15) is 24.8 Å². The number of carbonyl (C=O) groups is 1. The van der Waals surface area contributed by atoms with Crippen molar-refractivity contribution in [1.29, 1.82) is 0 Å². The van der Waals surface area contributed by atoms with Crippen LogP contribution in [-0.4, -0.2) is 29.8 Å². The quantitative estimate of drug-likeness (QED) is 0.790. The van der Waals surface area contributed by atoms with Gasteiger partial charge in [-0.15, -0.1) is 35.3 Å². The molecule has 1 N–H and O–H groups in total. The fraction of sp³-hybridized carbons (Fsp3) is 0.500. The van der Waals surface area contributed by atoms with Gasteiger partial charge in [-0.3, -0.25) is 4.79 Å². The van der Waals surface area contributed by atoms with Gasteiger partial charge >= 0.3 is 5.97 Å². The summed E-state index contributed by atoms with van der Waals surface area (Å²) in [4.78, 5) is 14.9. The third kappa shape index (κ3) is 3.09. The van der Waals surface area contributed by atoms with Crippen LogP contribution >= 0.6 is 35.3 Å². The number of thioether (sulfide) groups is 3.